The van der Waals surface area contributed by atoms with Crippen LogP contribution in [-0.2, 0) is 13.2 Å². The maximum absolute atomic E-state index is 6.04. The second-order valence-electron chi connectivity index (χ2n) is 6.11. The normalized spacial score (nSPS) is 10.4. The zero-order valence-corrected chi connectivity index (χ0v) is 18.0. The first-order valence-electron chi connectivity index (χ1n) is 8.70. The van der Waals surface area contributed by atoms with Crippen molar-refractivity contribution in [2.24, 2.45) is 0 Å². The molecule has 4 nitrogen and oxygen atoms in total. The van der Waals surface area contributed by atoms with Crippen LogP contribution in [0, 0.1) is 0 Å². The van der Waals surface area contributed by atoms with E-state index in [1.807, 2.05) is 60.7 Å². The minimum atomic E-state index is 0.402. The highest BCUT2D eigenvalue weighted by atomic mass is 79.9. The van der Waals surface area contributed by atoms with E-state index in [4.69, 9.17) is 25.8 Å². The molecule has 6 heteroatoms. The number of nitrogens with one attached hydrogen (secondary N) is 1. The number of halogens is 2. The van der Waals surface area contributed by atoms with Crippen LogP contribution in [0.2, 0.25) is 5.02 Å². The summed E-state index contributed by atoms with van der Waals surface area (Å²) in [5.74, 6) is 2.16. The first-order valence-corrected chi connectivity index (χ1v) is 9.87. The molecular weight excluding hydrogens is 442 g/mol. The van der Waals surface area contributed by atoms with E-state index >= 15 is 0 Å². The predicted molar refractivity (Wildman–Crippen MR) is 117 cm³/mol. The van der Waals surface area contributed by atoms with Gasteiger partial charge in [0.2, 0.25) is 0 Å². The van der Waals surface area contributed by atoms with E-state index in [9.17, 15) is 0 Å². The molecule has 0 aliphatic heterocycles. The zero-order valence-electron chi connectivity index (χ0n) is 15.7. The third-order valence-corrected chi connectivity index (χ3v) is 4.97. The van der Waals surface area contributed by atoms with Gasteiger partial charge in [0.05, 0.1) is 18.7 Å². The van der Waals surface area contributed by atoms with Crippen LogP contribution in [0.25, 0.3) is 0 Å². The van der Waals surface area contributed by atoms with E-state index in [1.54, 1.807) is 14.2 Å². The first kappa shape index (κ1) is 20.4. The van der Waals surface area contributed by atoms with Gasteiger partial charge in [-0.15, -0.1) is 0 Å². The number of hydrogen-bond donors (Lipinski definition) is 1. The Morgan fingerprint density at radius 2 is 1.71 bits per heavy atom. The van der Waals surface area contributed by atoms with Crippen LogP contribution in [0.1, 0.15) is 11.1 Å². The number of rotatable bonds is 8. The smallest absolute Gasteiger partial charge is 0.175 e. The van der Waals surface area contributed by atoms with Crippen LogP contribution < -0.4 is 19.5 Å². The lowest BCUT2D eigenvalue weighted by atomic mass is 10.2. The summed E-state index contributed by atoms with van der Waals surface area (Å²) < 4.78 is 17.5. The SMILES string of the molecule is COc1ccc(NCc2cc(Br)c(OCc3cccc(Cl)c3)c(OC)c2)cc1. The van der Waals surface area contributed by atoms with Crippen molar-refractivity contribution in [3.05, 3.63) is 81.3 Å². The molecule has 0 bridgehead atoms. The highest BCUT2D eigenvalue weighted by Crippen LogP contribution is 2.37. The van der Waals surface area contributed by atoms with Gasteiger partial charge in [-0.3, -0.25) is 0 Å². The van der Waals surface area contributed by atoms with E-state index in [1.165, 1.54) is 0 Å². The first-order chi connectivity index (χ1) is 13.6. The van der Waals surface area contributed by atoms with Crippen LogP contribution in [0.5, 0.6) is 17.2 Å². The van der Waals surface area contributed by atoms with Crippen molar-refractivity contribution in [2.45, 2.75) is 13.2 Å². The van der Waals surface area contributed by atoms with E-state index in [0.29, 0.717) is 29.7 Å². The molecule has 3 aromatic carbocycles. The summed E-state index contributed by atoms with van der Waals surface area (Å²) >= 11 is 9.63. The Morgan fingerprint density at radius 3 is 2.39 bits per heavy atom. The Morgan fingerprint density at radius 1 is 0.929 bits per heavy atom. The average Bonchev–Trinajstić information content (AvgIpc) is 2.71. The Balaban J connectivity index is 1.69. The zero-order chi connectivity index (χ0) is 19.9. The standard InChI is InChI=1S/C22H21BrClNO3/c1-26-19-8-6-18(7-9-19)25-13-16-11-20(23)22(21(12-16)27-2)28-14-15-4-3-5-17(24)10-15/h3-12,25H,13-14H2,1-2H3. The van der Waals surface area contributed by atoms with Crippen molar-refractivity contribution in [2.75, 3.05) is 19.5 Å². The lowest BCUT2D eigenvalue weighted by molar-refractivity contribution is 0.282. The topological polar surface area (TPSA) is 39.7 Å². The van der Waals surface area contributed by atoms with Gasteiger partial charge >= 0.3 is 0 Å². The molecular formula is C22H21BrClNO3. The van der Waals surface area contributed by atoms with Gasteiger partial charge in [-0.25, -0.2) is 0 Å². The fourth-order valence-electron chi connectivity index (χ4n) is 2.71. The monoisotopic (exact) mass is 461 g/mol. The molecule has 1 N–H and O–H groups in total. The van der Waals surface area contributed by atoms with Crippen molar-refractivity contribution in [1.29, 1.82) is 0 Å². The van der Waals surface area contributed by atoms with Gasteiger partial charge < -0.3 is 19.5 Å². The van der Waals surface area contributed by atoms with Gasteiger partial charge in [0, 0.05) is 17.3 Å². The molecule has 0 aromatic heterocycles. The molecule has 0 amide bonds. The summed E-state index contributed by atoms with van der Waals surface area (Å²) in [6.07, 6.45) is 0. The minimum absolute atomic E-state index is 0.402. The third-order valence-electron chi connectivity index (χ3n) is 4.15. The fourth-order valence-corrected chi connectivity index (χ4v) is 3.53. The van der Waals surface area contributed by atoms with Crippen molar-refractivity contribution in [1.82, 2.24) is 0 Å². The molecule has 0 unspecified atom stereocenters. The van der Waals surface area contributed by atoms with E-state index < -0.39 is 0 Å². The van der Waals surface area contributed by atoms with Gasteiger partial charge in [0.1, 0.15) is 12.4 Å². The lowest BCUT2D eigenvalue weighted by Gasteiger charge is -2.15. The predicted octanol–water partition coefficient (Wildman–Crippen LogP) is 6.31. The molecule has 0 aliphatic carbocycles. The molecule has 3 rings (SSSR count). The molecule has 0 radical (unpaired) electrons. The van der Waals surface area contributed by atoms with Gasteiger partial charge in [-0.05, 0) is 75.6 Å². The average molecular weight is 463 g/mol. The van der Waals surface area contributed by atoms with Crippen molar-refractivity contribution in [3.8, 4) is 17.2 Å². The molecule has 0 spiro atoms. The Labute approximate surface area is 178 Å². The molecule has 0 saturated heterocycles. The number of anilines is 1. The van der Waals surface area contributed by atoms with Crippen molar-refractivity contribution >= 4 is 33.2 Å². The van der Waals surface area contributed by atoms with Crippen LogP contribution in [-0.4, -0.2) is 14.2 Å². The van der Waals surface area contributed by atoms with Gasteiger partial charge in [-0.2, -0.15) is 0 Å². The lowest BCUT2D eigenvalue weighted by Crippen LogP contribution is -2.03. The molecule has 0 atom stereocenters. The van der Waals surface area contributed by atoms with E-state index in [0.717, 1.165) is 27.0 Å². The van der Waals surface area contributed by atoms with Crippen LogP contribution in [0.3, 0.4) is 0 Å². The maximum atomic E-state index is 6.04. The second-order valence-corrected chi connectivity index (χ2v) is 7.40. The maximum Gasteiger partial charge on any atom is 0.175 e. The van der Waals surface area contributed by atoms with E-state index in [-0.39, 0.29) is 0 Å². The second kappa shape index (κ2) is 9.71. The number of hydrogen-bond acceptors (Lipinski definition) is 4. The summed E-state index contributed by atoms with van der Waals surface area (Å²) in [6.45, 7) is 1.05. The van der Waals surface area contributed by atoms with Gasteiger partial charge in [0.15, 0.2) is 11.5 Å². The van der Waals surface area contributed by atoms with E-state index in [2.05, 4.69) is 21.2 Å². The summed E-state index contributed by atoms with van der Waals surface area (Å²) in [4.78, 5) is 0. The summed E-state index contributed by atoms with van der Waals surface area (Å²) in [5, 5.41) is 4.07. The molecule has 146 valence electrons. The number of ether oxygens (including phenoxy) is 3. The Hall–Kier alpha value is -2.37. The largest absolute Gasteiger partial charge is 0.497 e. The third kappa shape index (κ3) is 5.33. The molecule has 3 aromatic rings. The summed E-state index contributed by atoms with van der Waals surface area (Å²) in [6, 6.07) is 19.4. The fraction of sp³-hybridized carbons (Fsp3) is 0.182. The van der Waals surface area contributed by atoms with Crippen LogP contribution in [0.15, 0.2) is 65.1 Å². The molecule has 28 heavy (non-hydrogen) atoms. The van der Waals surface area contributed by atoms with Crippen LogP contribution >= 0.6 is 27.5 Å². The highest BCUT2D eigenvalue weighted by Gasteiger charge is 2.12. The van der Waals surface area contributed by atoms with Crippen molar-refractivity contribution < 1.29 is 14.2 Å². The van der Waals surface area contributed by atoms with Crippen LogP contribution in [0.4, 0.5) is 5.69 Å². The van der Waals surface area contributed by atoms with Crippen molar-refractivity contribution in [3.63, 3.8) is 0 Å². The molecule has 0 fully saturated rings. The molecule has 0 saturated carbocycles. The number of methoxy groups -OCH3 is 2. The number of benzene rings is 3. The molecule has 0 heterocycles. The summed E-state index contributed by atoms with van der Waals surface area (Å²) in [5.41, 5.74) is 3.07. The summed E-state index contributed by atoms with van der Waals surface area (Å²) in [7, 11) is 3.29. The van der Waals surface area contributed by atoms with Gasteiger partial charge in [0.25, 0.3) is 0 Å². The quantitative estimate of drug-likeness (QED) is 0.426. The Bertz CT molecular complexity index is 932. The molecule has 0 aliphatic rings. The Kier molecular flexibility index (Phi) is 7.06. The van der Waals surface area contributed by atoms with Gasteiger partial charge in [-0.1, -0.05) is 23.7 Å². The highest BCUT2D eigenvalue weighted by molar-refractivity contribution is 9.10. The minimum Gasteiger partial charge on any atom is -0.497 e.